The molecule has 0 spiro atoms. The first kappa shape index (κ1) is 15.9. The maximum atomic E-state index is 11.9. The third-order valence-corrected chi connectivity index (χ3v) is 3.95. The summed E-state index contributed by atoms with van der Waals surface area (Å²) in [7, 11) is 7.23. The molecule has 23 heavy (non-hydrogen) atoms. The molecule has 10 nitrogen and oxygen atoms in total. The summed E-state index contributed by atoms with van der Waals surface area (Å²) in [4.78, 5) is 22.5. The Morgan fingerprint density at radius 2 is 2.17 bits per heavy atom. The van der Waals surface area contributed by atoms with Crippen molar-refractivity contribution in [3.05, 3.63) is 16.7 Å². The second kappa shape index (κ2) is 5.27. The molecule has 4 N–H and O–H groups in total. The summed E-state index contributed by atoms with van der Waals surface area (Å²) in [6.45, 7) is 0. The molecule has 0 aromatic carbocycles. The van der Waals surface area contributed by atoms with Gasteiger partial charge >= 0.3 is 0 Å². The van der Waals surface area contributed by atoms with Gasteiger partial charge in [-0.05, 0) is 0 Å². The summed E-state index contributed by atoms with van der Waals surface area (Å²) in [6, 6.07) is 0. The van der Waals surface area contributed by atoms with E-state index in [1.165, 1.54) is 13.4 Å². The maximum Gasteiger partial charge on any atom is 0.280 e. The predicted octanol–water partition coefficient (Wildman–Crippen LogP) is -1.36. The number of aliphatic hydroxyl groups excluding tert-OH is 1. The van der Waals surface area contributed by atoms with Gasteiger partial charge in [-0.15, -0.1) is 0 Å². The van der Waals surface area contributed by atoms with Crippen molar-refractivity contribution < 1.29 is 19.1 Å². The molecule has 3 heterocycles. The van der Waals surface area contributed by atoms with E-state index in [4.69, 9.17) is 15.2 Å². The highest BCUT2D eigenvalue weighted by atomic mass is 16.6. The van der Waals surface area contributed by atoms with Crippen molar-refractivity contribution in [2.75, 3.05) is 34.0 Å². The van der Waals surface area contributed by atoms with Crippen molar-refractivity contribution in [1.82, 2.24) is 19.5 Å². The number of fused-ring (bicyclic) bond motifs is 1. The first-order valence-corrected chi connectivity index (χ1v) is 7.14. The van der Waals surface area contributed by atoms with E-state index in [1.54, 1.807) is 4.57 Å². The number of aliphatic hydroxyl groups is 1. The van der Waals surface area contributed by atoms with Crippen LogP contribution in [0.1, 0.15) is 6.23 Å². The second-order valence-corrected chi connectivity index (χ2v) is 6.50. The van der Waals surface area contributed by atoms with Crippen LogP contribution in [0, 0.1) is 0 Å². The van der Waals surface area contributed by atoms with Crippen molar-refractivity contribution in [2.24, 2.45) is 0 Å². The van der Waals surface area contributed by atoms with Crippen molar-refractivity contribution in [2.45, 2.75) is 24.7 Å². The summed E-state index contributed by atoms with van der Waals surface area (Å²) >= 11 is 0. The number of rotatable bonds is 3. The summed E-state index contributed by atoms with van der Waals surface area (Å²) < 4.78 is 13.4. The predicted molar refractivity (Wildman–Crippen MR) is 81.3 cm³/mol. The molecule has 4 atom stereocenters. The molecular weight excluding hydrogens is 304 g/mol. The van der Waals surface area contributed by atoms with E-state index >= 15 is 0 Å². The van der Waals surface area contributed by atoms with Crippen LogP contribution in [-0.4, -0.2) is 75.8 Å². The van der Waals surface area contributed by atoms with Gasteiger partial charge in [-0.2, -0.15) is 4.98 Å². The molecule has 1 aliphatic rings. The quantitative estimate of drug-likeness (QED) is 0.594. The van der Waals surface area contributed by atoms with Crippen LogP contribution in [-0.2, 0) is 9.47 Å². The number of ether oxygens (including phenoxy) is 2. The Morgan fingerprint density at radius 1 is 1.48 bits per heavy atom. The lowest BCUT2D eigenvalue weighted by Crippen LogP contribution is -2.51. The topological polar surface area (TPSA) is 128 Å². The van der Waals surface area contributed by atoms with Gasteiger partial charge in [0.2, 0.25) is 12.2 Å². The molecular formula is C13H21N6O4+. The van der Waals surface area contributed by atoms with Crippen LogP contribution in [0.15, 0.2) is 11.1 Å². The third-order valence-electron chi connectivity index (χ3n) is 3.95. The SMILES string of the molecule is COC1C(O)C([N+](C)(C)C)OC1n1cnc2c(=O)[nH]c(N)nc21. The van der Waals surface area contributed by atoms with Gasteiger partial charge in [0.1, 0.15) is 6.10 Å². The molecule has 1 aliphatic heterocycles. The zero-order valence-electron chi connectivity index (χ0n) is 13.4. The van der Waals surface area contributed by atoms with Gasteiger partial charge in [0.15, 0.2) is 23.5 Å². The molecule has 0 bridgehead atoms. The minimum Gasteiger partial charge on any atom is -0.381 e. The van der Waals surface area contributed by atoms with Crippen LogP contribution < -0.4 is 11.3 Å². The van der Waals surface area contributed by atoms with Crippen LogP contribution in [0.4, 0.5) is 5.95 Å². The van der Waals surface area contributed by atoms with Gasteiger partial charge in [0.25, 0.3) is 5.56 Å². The molecule has 0 amide bonds. The number of hydrogen-bond donors (Lipinski definition) is 3. The number of likely N-dealkylation sites (N-methyl/N-ethyl adjacent to an activating group) is 1. The number of nitrogens with one attached hydrogen (secondary N) is 1. The third kappa shape index (κ3) is 2.49. The van der Waals surface area contributed by atoms with Gasteiger partial charge in [-0.3, -0.25) is 19.1 Å². The van der Waals surface area contributed by atoms with Crippen molar-refractivity contribution >= 4 is 17.1 Å². The highest BCUT2D eigenvalue weighted by molar-refractivity contribution is 5.70. The number of methoxy groups -OCH3 is 1. The number of aromatic amines is 1. The van der Waals surface area contributed by atoms with Crippen LogP contribution in [0.5, 0.6) is 0 Å². The van der Waals surface area contributed by atoms with E-state index in [0.717, 1.165) is 0 Å². The zero-order valence-corrected chi connectivity index (χ0v) is 13.4. The fraction of sp³-hybridized carbons (Fsp3) is 0.615. The highest BCUT2D eigenvalue weighted by Gasteiger charge is 2.51. The summed E-state index contributed by atoms with van der Waals surface area (Å²) in [5, 5.41) is 10.5. The highest BCUT2D eigenvalue weighted by Crippen LogP contribution is 2.35. The number of quaternary nitrogens is 1. The first-order chi connectivity index (χ1) is 10.7. The smallest absolute Gasteiger partial charge is 0.280 e. The average molecular weight is 325 g/mol. The standard InChI is InChI=1S/C13H20N6O4/c1-19(2,3)12-7(20)8(22-4)11(23-12)18-5-15-6-9(18)16-13(14)17-10(6)21/h5,7-8,11-12,20H,1-4H3,(H2-,14,16,17,21)/p+1. The Hall–Kier alpha value is -2.01. The number of imidazole rings is 1. The number of nitrogen functional groups attached to an aromatic ring is 1. The minimum atomic E-state index is -0.846. The molecule has 2 aromatic heterocycles. The molecule has 3 rings (SSSR count). The number of nitrogens with zero attached hydrogens (tertiary/aromatic N) is 4. The average Bonchev–Trinajstić information content (AvgIpc) is 2.98. The first-order valence-electron chi connectivity index (χ1n) is 7.14. The van der Waals surface area contributed by atoms with Gasteiger partial charge < -0.3 is 20.1 Å². The lowest BCUT2D eigenvalue weighted by Gasteiger charge is -2.32. The Balaban J connectivity index is 2.09. The molecule has 0 saturated carbocycles. The number of anilines is 1. The van der Waals surface area contributed by atoms with E-state index in [9.17, 15) is 9.90 Å². The Bertz CT molecular complexity index is 779. The molecule has 10 heteroatoms. The van der Waals surface area contributed by atoms with Crippen LogP contribution in [0.3, 0.4) is 0 Å². The lowest BCUT2D eigenvalue weighted by atomic mass is 10.2. The van der Waals surface area contributed by atoms with E-state index < -0.39 is 30.2 Å². The molecule has 2 aromatic rings. The maximum absolute atomic E-state index is 11.9. The van der Waals surface area contributed by atoms with E-state index in [-0.39, 0.29) is 17.1 Å². The van der Waals surface area contributed by atoms with Crippen LogP contribution in [0.25, 0.3) is 11.2 Å². The molecule has 4 unspecified atom stereocenters. The van der Waals surface area contributed by atoms with Crippen molar-refractivity contribution in [3.63, 3.8) is 0 Å². The molecule has 1 saturated heterocycles. The van der Waals surface area contributed by atoms with Gasteiger partial charge in [-0.1, -0.05) is 0 Å². The van der Waals surface area contributed by atoms with E-state index in [2.05, 4.69) is 15.0 Å². The minimum absolute atomic E-state index is 0.0140. The van der Waals surface area contributed by atoms with Gasteiger partial charge in [0, 0.05) is 7.11 Å². The van der Waals surface area contributed by atoms with E-state index in [0.29, 0.717) is 4.48 Å². The van der Waals surface area contributed by atoms with Crippen LogP contribution >= 0.6 is 0 Å². The summed E-state index contributed by atoms with van der Waals surface area (Å²) in [5.41, 5.74) is 5.62. The molecule has 0 aliphatic carbocycles. The lowest BCUT2D eigenvalue weighted by molar-refractivity contribution is -0.921. The van der Waals surface area contributed by atoms with Crippen molar-refractivity contribution in [1.29, 1.82) is 0 Å². The molecule has 1 fully saturated rings. The van der Waals surface area contributed by atoms with Crippen molar-refractivity contribution in [3.8, 4) is 0 Å². The molecule has 0 radical (unpaired) electrons. The fourth-order valence-corrected chi connectivity index (χ4v) is 2.88. The van der Waals surface area contributed by atoms with Crippen LogP contribution in [0.2, 0.25) is 0 Å². The normalized spacial score (nSPS) is 28.6. The Kier molecular flexibility index (Phi) is 3.64. The Labute approximate surface area is 132 Å². The second-order valence-electron chi connectivity index (χ2n) is 6.50. The number of nitrogens with two attached hydrogens (primary N) is 1. The zero-order chi connectivity index (χ0) is 16.9. The monoisotopic (exact) mass is 325 g/mol. The summed E-state index contributed by atoms with van der Waals surface area (Å²) in [6.07, 6.45) is -1.20. The fourth-order valence-electron chi connectivity index (χ4n) is 2.88. The Morgan fingerprint density at radius 3 is 2.78 bits per heavy atom. The summed E-state index contributed by atoms with van der Waals surface area (Å²) in [5.74, 6) is -0.0140. The van der Waals surface area contributed by atoms with Gasteiger partial charge in [0.05, 0.1) is 27.5 Å². The number of H-pyrrole nitrogens is 1. The van der Waals surface area contributed by atoms with Gasteiger partial charge in [-0.25, -0.2) is 4.98 Å². The van der Waals surface area contributed by atoms with E-state index in [1.807, 2.05) is 21.1 Å². The largest absolute Gasteiger partial charge is 0.381 e. The number of hydrogen-bond acceptors (Lipinski definition) is 7. The number of aromatic nitrogens is 4. The molecule has 126 valence electrons.